The zero-order valence-electron chi connectivity index (χ0n) is 18.8. The lowest BCUT2D eigenvalue weighted by molar-refractivity contribution is -0.192. The maximum absolute atomic E-state index is 12.8. The number of amides is 1. The van der Waals surface area contributed by atoms with Crippen LogP contribution in [0.5, 0.6) is 5.75 Å². The number of nitrogens with zero attached hydrogens (tertiary/aromatic N) is 1. The largest absolute Gasteiger partial charge is 0.497 e. The first-order valence-electron chi connectivity index (χ1n) is 11.1. The van der Waals surface area contributed by atoms with E-state index < -0.39 is 27.2 Å². The third-order valence-corrected chi connectivity index (χ3v) is 8.87. The molecule has 190 valence electrons. The van der Waals surface area contributed by atoms with Crippen molar-refractivity contribution in [2.24, 2.45) is 11.8 Å². The molecule has 3 fully saturated rings. The quantitative estimate of drug-likeness (QED) is 0.630. The van der Waals surface area contributed by atoms with Crippen LogP contribution in [0.2, 0.25) is 0 Å². The number of aliphatic carboxylic acids is 1. The van der Waals surface area contributed by atoms with Gasteiger partial charge >= 0.3 is 12.1 Å². The van der Waals surface area contributed by atoms with Crippen LogP contribution in [-0.4, -0.2) is 73.7 Å². The van der Waals surface area contributed by atoms with Gasteiger partial charge in [-0.05, 0) is 43.4 Å². The van der Waals surface area contributed by atoms with Crippen LogP contribution >= 0.6 is 0 Å². The van der Waals surface area contributed by atoms with Gasteiger partial charge in [-0.15, -0.1) is 0 Å². The molecule has 3 aliphatic rings. The highest BCUT2D eigenvalue weighted by Crippen LogP contribution is 2.38. The zero-order chi connectivity index (χ0) is 25.1. The van der Waals surface area contributed by atoms with Gasteiger partial charge in [0, 0.05) is 37.5 Å². The molecule has 0 bridgehead atoms. The maximum Gasteiger partial charge on any atom is 0.490 e. The van der Waals surface area contributed by atoms with Gasteiger partial charge in [-0.25, -0.2) is 13.2 Å². The van der Waals surface area contributed by atoms with E-state index in [4.69, 9.17) is 14.6 Å². The minimum Gasteiger partial charge on any atom is -0.497 e. The van der Waals surface area contributed by atoms with Gasteiger partial charge in [0.2, 0.25) is 5.91 Å². The Bertz CT molecular complexity index is 997. The number of fused-ring (bicyclic) bond motifs is 1. The number of carboxylic acid groups (broad SMARTS) is 1. The van der Waals surface area contributed by atoms with Gasteiger partial charge in [0.05, 0.1) is 18.1 Å². The number of carbonyl (C=O) groups excluding carboxylic acids is 1. The standard InChI is InChI=1S/C20H28N2O4S.C2HF3O2/c1-26-16-7-2-4-14(10-16)11-22-12-18-17(20(23)21-15-5-3-6-15)8-9-27(24,25)19(18)13-22;3-2(4,5)1(6)7/h2,4,7,10,15,17-19H,3,5-6,8-9,11-13H2,1H3,(H,21,23);(H,6,7)/t17-,18+,19+;/m0./s1. The third kappa shape index (κ3) is 6.41. The summed E-state index contributed by atoms with van der Waals surface area (Å²) in [7, 11) is -1.49. The molecule has 34 heavy (non-hydrogen) atoms. The van der Waals surface area contributed by atoms with Crippen LogP contribution in [0.4, 0.5) is 13.2 Å². The zero-order valence-corrected chi connectivity index (χ0v) is 19.6. The topological polar surface area (TPSA) is 113 Å². The number of hydrogen-bond acceptors (Lipinski definition) is 6. The highest BCUT2D eigenvalue weighted by Gasteiger charge is 2.50. The Hall–Kier alpha value is -2.34. The number of methoxy groups -OCH3 is 1. The average Bonchev–Trinajstić information content (AvgIpc) is 3.15. The van der Waals surface area contributed by atoms with Crippen molar-refractivity contribution in [3.8, 4) is 5.75 Å². The van der Waals surface area contributed by atoms with E-state index in [0.29, 0.717) is 32.1 Å². The van der Waals surface area contributed by atoms with Crippen LogP contribution in [0.15, 0.2) is 24.3 Å². The molecule has 1 aromatic carbocycles. The number of ether oxygens (including phenoxy) is 1. The molecule has 1 aliphatic carbocycles. The second-order valence-corrected chi connectivity index (χ2v) is 11.3. The van der Waals surface area contributed by atoms with Crippen LogP contribution in [0.25, 0.3) is 0 Å². The lowest BCUT2D eigenvalue weighted by Crippen LogP contribution is -2.50. The first-order valence-corrected chi connectivity index (χ1v) is 12.8. The first-order chi connectivity index (χ1) is 15.9. The summed E-state index contributed by atoms with van der Waals surface area (Å²) in [5, 5.41) is 9.84. The molecule has 0 aromatic heterocycles. The van der Waals surface area contributed by atoms with Crippen molar-refractivity contribution in [2.45, 2.75) is 49.7 Å². The van der Waals surface area contributed by atoms with Gasteiger partial charge in [-0.2, -0.15) is 13.2 Å². The van der Waals surface area contributed by atoms with Crippen LogP contribution < -0.4 is 10.1 Å². The molecule has 0 radical (unpaired) electrons. The molecular weight excluding hydrogens is 477 g/mol. The van der Waals surface area contributed by atoms with Gasteiger partial charge in [-0.3, -0.25) is 9.69 Å². The fourth-order valence-electron chi connectivity index (χ4n) is 4.65. The minimum atomic E-state index is -5.08. The van der Waals surface area contributed by atoms with Gasteiger partial charge in [-0.1, -0.05) is 12.1 Å². The summed E-state index contributed by atoms with van der Waals surface area (Å²) in [5.41, 5.74) is 1.10. The number of hydrogen-bond donors (Lipinski definition) is 2. The van der Waals surface area contributed by atoms with Crippen LogP contribution in [-0.2, 0) is 26.0 Å². The summed E-state index contributed by atoms with van der Waals surface area (Å²) in [6, 6.07) is 8.15. The van der Waals surface area contributed by atoms with Gasteiger partial charge in [0.15, 0.2) is 9.84 Å². The molecule has 2 aliphatic heterocycles. The van der Waals surface area contributed by atoms with E-state index >= 15 is 0 Å². The Morgan fingerprint density at radius 2 is 1.88 bits per heavy atom. The van der Waals surface area contributed by atoms with Crippen molar-refractivity contribution in [2.75, 3.05) is 26.0 Å². The monoisotopic (exact) mass is 506 g/mol. The Kier molecular flexibility index (Phi) is 8.12. The number of rotatable bonds is 5. The highest BCUT2D eigenvalue weighted by atomic mass is 32.2. The number of halogens is 3. The summed E-state index contributed by atoms with van der Waals surface area (Å²) < 4.78 is 62.3. The van der Waals surface area contributed by atoms with Crippen LogP contribution in [0.1, 0.15) is 31.2 Å². The summed E-state index contributed by atoms with van der Waals surface area (Å²) in [6.45, 7) is 1.85. The third-order valence-electron chi connectivity index (χ3n) is 6.65. The summed E-state index contributed by atoms with van der Waals surface area (Å²) >= 11 is 0. The van der Waals surface area contributed by atoms with Crippen molar-refractivity contribution in [1.82, 2.24) is 10.2 Å². The highest BCUT2D eigenvalue weighted by molar-refractivity contribution is 7.92. The molecule has 2 N–H and O–H groups in total. The molecule has 1 amide bonds. The molecule has 0 spiro atoms. The molecule has 12 heteroatoms. The second-order valence-electron chi connectivity index (χ2n) is 8.95. The fraction of sp³-hybridized carbons (Fsp3) is 0.636. The van der Waals surface area contributed by atoms with E-state index in [2.05, 4.69) is 10.2 Å². The van der Waals surface area contributed by atoms with E-state index in [9.17, 15) is 26.4 Å². The Balaban J connectivity index is 0.000000406. The fourth-order valence-corrected chi connectivity index (χ4v) is 6.78. The number of benzene rings is 1. The van der Waals surface area contributed by atoms with Crippen LogP contribution in [0, 0.1) is 11.8 Å². The molecule has 3 atom stereocenters. The number of likely N-dealkylation sites (tertiary alicyclic amines) is 1. The number of carboxylic acids is 1. The molecule has 2 heterocycles. The normalized spacial score (nSPS) is 26.4. The van der Waals surface area contributed by atoms with E-state index in [-0.39, 0.29) is 23.5 Å². The number of sulfone groups is 1. The lowest BCUT2D eigenvalue weighted by atomic mass is 9.86. The minimum absolute atomic E-state index is 0.0628. The molecule has 2 saturated heterocycles. The second kappa shape index (κ2) is 10.5. The molecule has 1 aromatic rings. The van der Waals surface area contributed by atoms with E-state index in [1.165, 1.54) is 6.42 Å². The molecule has 1 saturated carbocycles. The predicted molar refractivity (Wildman–Crippen MR) is 117 cm³/mol. The Morgan fingerprint density at radius 3 is 2.44 bits per heavy atom. The number of nitrogens with one attached hydrogen (secondary N) is 1. The van der Waals surface area contributed by atoms with Crippen molar-refractivity contribution >= 4 is 21.7 Å². The molecule has 4 rings (SSSR count). The SMILES string of the molecule is COc1cccc(CN2C[C@@H]3[C@@H](C(=O)NC4CCC4)CCS(=O)(=O)[C@@H]3C2)c1.O=C(O)C(F)(F)F. The Morgan fingerprint density at radius 1 is 1.21 bits per heavy atom. The first kappa shape index (κ1) is 26.3. The smallest absolute Gasteiger partial charge is 0.490 e. The average molecular weight is 507 g/mol. The van der Waals surface area contributed by atoms with Crippen molar-refractivity contribution in [1.29, 1.82) is 0 Å². The lowest BCUT2D eigenvalue weighted by Gasteiger charge is -2.34. The van der Waals surface area contributed by atoms with Crippen molar-refractivity contribution in [3.63, 3.8) is 0 Å². The van der Waals surface area contributed by atoms with E-state index in [0.717, 1.165) is 24.2 Å². The predicted octanol–water partition coefficient (Wildman–Crippen LogP) is 2.23. The van der Waals surface area contributed by atoms with Crippen molar-refractivity contribution < 1.29 is 41.0 Å². The van der Waals surface area contributed by atoms with Gasteiger partial charge < -0.3 is 15.2 Å². The molecule has 8 nitrogen and oxygen atoms in total. The summed E-state index contributed by atoms with van der Waals surface area (Å²) in [6.07, 6.45) is -1.36. The Labute approximate surface area is 196 Å². The van der Waals surface area contributed by atoms with E-state index in [1.54, 1.807) is 7.11 Å². The number of carbonyl (C=O) groups is 2. The maximum atomic E-state index is 12.8. The van der Waals surface area contributed by atoms with Crippen molar-refractivity contribution in [3.05, 3.63) is 29.8 Å². The number of alkyl halides is 3. The summed E-state index contributed by atoms with van der Waals surface area (Å²) in [5.74, 6) is -2.05. The van der Waals surface area contributed by atoms with Gasteiger partial charge in [0.1, 0.15) is 5.75 Å². The van der Waals surface area contributed by atoms with Crippen LogP contribution in [0.3, 0.4) is 0 Å². The van der Waals surface area contributed by atoms with E-state index in [1.807, 2.05) is 24.3 Å². The van der Waals surface area contributed by atoms with Gasteiger partial charge in [0.25, 0.3) is 0 Å². The summed E-state index contributed by atoms with van der Waals surface area (Å²) in [4.78, 5) is 23.8. The molecular formula is C22H29F3N2O6S. The molecule has 0 unspecified atom stereocenters.